The number of benzene rings is 2. The lowest BCUT2D eigenvalue weighted by Crippen LogP contribution is -2.43. The molecule has 10 nitrogen and oxygen atoms in total. The Hall–Kier alpha value is -3.65. The Balaban J connectivity index is 1.60. The molecule has 2 aromatic carbocycles. The maximum atomic E-state index is 12.8. The Labute approximate surface area is 185 Å². The van der Waals surface area contributed by atoms with Crippen LogP contribution in [-0.4, -0.2) is 49.7 Å². The Morgan fingerprint density at radius 3 is 2.50 bits per heavy atom. The molecule has 0 saturated carbocycles. The van der Waals surface area contributed by atoms with Crippen LogP contribution in [0.3, 0.4) is 0 Å². The van der Waals surface area contributed by atoms with Gasteiger partial charge in [-0.05, 0) is 42.8 Å². The van der Waals surface area contributed by atoms with Crippen molar-refractivity contribution in [1.82, 2.24) is 5.32 Å². The van der Waals surface area contributed by atoms with E-state index >= 15 is 0 Å². The third-order valence-electron chi connectivity index (χ3n) is 5.66. The SMILES string of the molecule is N#Cc1cc(N([O-])O)c(NC(=O)c2ccc(N3CCCC3=O)cc2)cc1N1CCNCC1. The Morgan fingerprint density at radius 2 is 1.91 bits per heavy atom. The van der Waals surface area contributed by atoms with Crippen LogP contribution in [0.2, 0.25) is 0 Å². The molecule has 2 aliphatic rings. The molecule has 2 amide bonds. The van der Waals surface area contributed by atoms with Crippen molar-refractivity contribution in [3.05, 3.63) is 52.7 Å². The molecule has 3 N–H and O–H groups in total. The number of carbonyl (C=O) groups is 2. The van der Waals surface area contributed by atoms with Crippen LogP contribution in [0.25, 0.3) is 0 Å². The summed E-state index contributed by atoms with van der Waals surface area (Å²) in [4.78, 5) is 28.4. The minimum Gasteiger partial charge on any atom is -0.733 e. The van der Waals surface area contributed by atoms with Gasteiger partial charge in [-0.1, -0.05) is 0 Å². The molecule has 2 fully saturated rings. The highest BCUT2D eigenvalue weighted by Gasteiger charge is 2.22. The van der Waals surface area contributed by atoms with E-state index in [1.165, 1.54) is 12.1 Å². The monoisotopic (exact) mass is 435 g/mol. The molecule has 10 heteroatoms. The Morgan fingerprint density at radius 1 is 1.19 bits per heavy atom. The lowest BCUT2D eigenvalue weighted by Gasteiger charge is -2.32. The number of nitriles is 1. The Bertz CT molecular complexity index is 1060. The highest BCUT2D eigenvalue weighted by molar-refractivity contribution is 6.07. The molecule has 0 bridgehead atoms. The van der Waals surface area contributed by atoms with Gasteiger partial charge in [-0.2, -0.15) is 5.26 Å². The fraction of sp³-hybridized carbons (Fsp3) is 0.318. The minimum atomic E-state index is -0.483. The quantitative estimate of drug-likeness (QED) is 0.607. The zero-order valence-corrected chi connectivity index (χ0v) is 17.4. The number of nitrogens with zero attached hydrogens (tertiary/aromatic N) is 4. The molecule has 2 heterocycles. The van der Waals surface area contributed by atoms with Gasteiger partial charge >= 0.3 is 0 Å². The predicted octanol–water partition coefficient (Wildman–Crippen LogP) is 2.04. The summed E-state index contributed by atoms with van der Waals surface area (Å²) in [7, 11) is 0. The molecular formula is C22H23N6O4-. The lowest BCUT2D eigenvalue weighted by molar-refractivity contribution is -0.117. The van der Waals surface area contributed by atoms with Gasteiger partial charge in [0.15, 0.2) is 0 Å². The van der Waals surface area contributed by atoms with Crippen molar-refractivity contribution in [2.75, 3.05) is 53.1 Å². The van der Waals surface area contributed by atoms with Crippen LogP contribution in [0.4, 0.5) is 22.7 Å². The van der Waals surface area contributed by atoms with Gasteiger partial charge < -0.3 is 30.9 Å². The van der Waals surface area contributed by atoms with E-state index in [0.29, 0.717) is 37.3 Å². The average Bonchev–Trinajstić information content (AvgIpc) is 3.25. The predicted molar refractivity (Wildman–Crippen MR) is 120 cm³/mol. The molecule has 0 spiro atoms. The standard InChI is InChI=1S/C22H23N6O4/c23-14-16-12-20(28(31)32)18(13-19(16)26-10-7-24-8-11-26)25-22(30)15-3-5-17(6-4-15)27-9-1-2-21(27)29/h3-6,12-13,24,31H,1-2,7-11H2,(H,25,30)/q-1. The van der Waals surface area contributed by atoms with E-state index < -0.39 is 5.91 Å². The van der Waals surface area contributed by atoms with E-state index in [0.717, 1.165) is 25.2 Å². The summed E-state index contributed by atoms with van der Waals surface area (Å²) in [5, 5.41) is 36.3. The van der Waals surface area contributed by atoms with Crippen LogP contribution in [0, 0.1) is 16.5 Å². The molecule has 2 aromatic rings. The van der Waals surface area contributed by atoms with Crippen molar-refractivity contribution < 1.29 is 14.8 Å². The van der Waals surface area contributed by atoms with Gasteiger partial charge in [0.1, 0.15) is 6.07 Å². The third kappa shape index (κ3) is 4.36. The first-order valence-corrected chi connectivity index (χ1v) is 10.4. The fourth-order valence-corrected chi connectivity index (χ4v) is 4.00. The Kier molecular flexibility index (Phi) is 6.23. The van der Waals surface area contributed by atoms with Crippen LogP contribution < -0.4 is 25.7 Å². The van der Waals surface area contributed by atoms with Gasteiger partial charge in [0, 0.05) is 50.4 Å². The van der Waals surface area contributed by atoms with Crippen molar-refractivity contribution in [1.29, 1.82) is 5.26 Å². The van der Waals surface area contributed by atoms with Crippen molar-refractivity contribution in [3.63, 3.8) is 0 Å². The maximum Gasteiger partial charge on any atom is 0.255 e. The van der Waals surface area contributed by atoms with E-state index in [-0.39, 0.29) is 28.1 Å². The second-order valence-corrected chi connectivity index (χ2v) is 7.66. The van der Waals surface area contributed by atoms with Gasteiger partial charge in [-0.3, -0.25) is 14.8 Å². The van der Waals surface area contributed by atoms with E-state index in [1.54, 1.807) is 29.2 Å². The largest absolute Gasteiger partial charge is 0.733 e. The van der Waals surface area contributed by atoms with Crippen molar-refractivity contribution in [2.45, 2.75) is 12.8 Å². The lowest BCUT2D eigenvalue weighted by atomic mass is 10.1. The van der Waals surface area contributed by atoms with Gasteiger partial charge in [0.2, 0.25) is 5.91 Å². The second kappa shape index (κ2) is 9.23. The van der Waals surface area contributed by atoms with Crippen LogP contribution in [-0.2, 0) is 4.79 Å². The smallest absolute Gasteiger partial charge is 0.255 e. The molecule has 4 rings (SSSR count). The van der Waals surface area contributed by atoms with Gasteiger partial charge in [-0.15, -0.1) is 0 Å². The normalized spacial score (nSPS) is 16.1. The molecule has 0 aromatic heterocycles. The first-order chi connectivity index (χ1) is 15.5. The highest BCUT2D eigenvalue weighted by Crippen LogP contribution is 2.34. The van der Waals surface area contributed by atoms with E-state index in [2.05, 4.69) is 16.7 Å². The van der Waals surface area contributed by atoms with E-state index in [9.17, 15) is 25.3 Å². The fourth-order valence-electron chi connectivity index (χ4n) is 4.00. The molecule has 2 saturated heterocycles. The van der Waals surface area contributed by atoms with Crippen molar-refractivity contribution in [2.24, 2.45) is 0 Å². The van der Waals surface area contributed by atoms with Crippen LogP contribution in [0.15, 0.2) is 36.4 Å². The summed E-state index contributed by atoms with van der Waals surface area (Å²) in [5.74, 6) is -0.424. The topological polar surface area (TPSA) is 135 Å². The number of rotatable bonds is 5. The van der Waals surface area contributed by atoms with E-state index in [4.69, 9.17) is 0 Å². The summed E-state index contributed by atoms with van der Waals surface area (Å²) in [5.41, 5.74) is 1.74. The third-order valence-corrected chi connectivity index (χ3v) is 5.66. The first kappa shape index (κ1) is 21.6. The number of hydrogen-bond acceptors (Lipinski definition) is 8. The second-order valence-electron chi connectivity index (χ2n) is 7.66. The molecule has 0 atom stereocenters. The number of hydrogen-bond donors (Lipinski definition) is 3. The zero-order valence-electron chi connectivity index (χ0n) is 17.4. The number of piperazine rings is 1. The van der Waals surface area contributed by atoms with Crippen molar-refractivity contribution in [3.8, 4) is 6.07 Å². The molecular weight excluding hydrogens is 412 g/mol. The number of carbonyl (C=O) groups excluding carboxylic acids is 2. The summed E-state index contributed by atoms with van der Waals surface area (Å²) in [6, 6.07) is 11.5. The van der Waals surface area contributed by atoms with Crippen LogP contribution in [0.5, 0.6) is 0 Å². The van der Waals surface area contributed by atoms with Crippen molar-refractivity contribution >= 4 is 34.6 Å². The molecule has 2 aliphatic heterocycles. The van der Waals surface area contributed by atoms with Gasteiger partial charge in [0.05, 0.1) is 22.6 Å². The average molecular weight is 435 g/mol. The van der Waals surface area contributed by atoms with Crippen LogP contribution in [0.1, 0.15) is 28.8 Å². The zero-order chi connectivity index (χ0) is 22.7. The number of nitrogens with one attached hydrogen (secondary N) is 2. The summed E-state index contributed by atoms with van der Waals surface area (Å²) >= 11 is 0. The summed E-state index contributed by atoms with van der Waals surface area (Å²) < 4.78 is 0. The van der Waals surface area contributed by atoms with Gasteiger partial charge in [0.25, 0.3) is 5.91 Å². The first-order valence-electron chi connectivity index (χ1n) is 10.4. The minimum absolute atomic E-state index is 0.0587. The summed E-state index contributed by atoms with van der Waals surface area (Å²) in [6.45, 7) is 3.47. The molecule has 166 valence electrons. The number of amides is 2. The summed E-state index contributed by atoms with van der Waals surface area (Å²) in [6.07, 6.45) is 1.33. The molecule has 0 aliphatic carbocycles. The van der Waals surface area contributed by atoms with Gasteiger partial charge in [-0.25, -0.2) is 0 Å². The highest BCUT2D eigenvalue weighted by atomic mass is 16.8. The molecule has 0 radical (unpaired) electrons. The molecule has 0 unspecified atom stereocenters. The van der Waals surface area contributed by atoms with Crippen LogP contribution >= 0.6 is 0 Å². The maximum absolute atomic E-state index is 12.8. The molecule has 32 heavy (non-hydrogen) atoms. The van der Waals surface area contributed by atoms with E-state index in [1.807, 2.05) is 4.90 Å². The number of anilines is 4.